The van der Waals surface area contributed by atoms with Gasteiger partial charge < -0.3 is 10.6 Å². The minimum atomic E-state index is -0.839. The number of piperazine rings is 1. The molecule has 1 aromatic carbocycles. The van der Waals surface area contributed by atoms with Gasteiger partial charge in [0.2, 0.25) is 5.91 Å². The van der Waals surface area contributed by atoms with Gasteiger partial charge in [-0.3, -0.25) is 9.69 Å². The Morgan fingerprint density at radius 1 is 1.22 bits per heavy atom. The van der Waals surface area contributed by atoms with Gasteiger partial charge in [0.05, 0.1) is 0 Å². The highest BCUT2D eigenvalue weighted by Crippen LogP contribution is 2.11. The van der Waals surface area contributed by atoms with E-state index in [1.54, 1.807) is 6.07 Å². The number of benzene rings is 1. The lowest BCUT2D eigenvalue weighted by Gasteiger charge is -2.27. The van der Waals surface area contributed by atoms with Crippen molar-refractivity contribution < 1.29 is 13.6 Å². The number of hydrogen-bond donors (Lipinski definition) is 2. The number of nitrogens with one attached hydrogen (secondary N) is 2. The molecule has 7 heteroatoms. The predicted octanol–water partition coefficient (Wildman–Crippen LogP) is 1.73. The molecule has 1 aromatic rings. The molecule has 2 N–H and O–H groups in total. The molecule has 0 aromatic heterocycles. The second kappa shape index (κ2) is 10.5. The summed E-state index contributed by atoms with van der Waals surface area (Å²) >= 11 is 0. The first-order chi connectivity index (χ1) is 10.6. The van der Waals surface area contributed by atoms with E-state index in [0.29, 0.717) is 31.4 Å². The summed E-state index contributed by atoms with van der Waals surface area (Å²) < 4.78 is 25.8. The molecular formula is C16H24ClF2N3O. The second-order valence-corrected chi connectivity index (χ2v) is 5.54. The first kappa shape index (κ1) is 19.8. The number of amides is 1. The molecule has 23 heavy (non-hydrogen) atoms. The predicted molar refractivity (Wildman–Crippen MR) is 88.9 cm³/mol. The molecule has 1 aliphatic heterocycles. The van der Waals surface area contributed by atoms with Crippen molar-refractivity contribution in [2.24, 2.45) is 0 Å². The topological polar surface area (TPSA) is 44.4 Å². The zero-order valence-electron chi connectivity index (χ0n) is 13.1. The molecule has 1 amide bonds. The van der Waals surface area contributed by atoms with E-state index in [0.717, 1.165) is 38.8 Å². The van der Waals surface area contributed by atoms with Crippen molar-refractivity contribution in [1.29, 1.82) is 0 Å². The summed E-state index contributed by atoms with van der Waals surface area (Å²) in [5, 5.41) is 6.19. The van der Waals surface area contributed by atoms with Gasteiger partial charge in [-0.2, -0.15) is 0 Å². The monoisotopic (exact) mass is 347 g/mol. The van der Waals surface area contributed by atoms with Crippen molar-refractivity contribution in [2.45, 2.75) is 19.3 Å². The van der Waals surface area contributed by atoms with Crippen LogP contribution in [0.3, 0.4) is 0 Å². The molecular weight excluding hydrogens is 324 g/mol. The first-order valence-electron chi connectivity index (χ1n) is 7.79. The number of aryl methyl sites for hydroxylation is 1. The van der Waals surface area contributed by atoms with Crippen LogP contribution in [-0.2, 0) is 11.2 Å². The summed E-state index contributed by atoms with van der Waals surface area (Å²) in [6.45, 7) is 5.57. The third kappa shape index (κ3) is 7.24. The van der Waals surface area contributed by atoms with Gasteiger partial charge in [-0.15, -0.1) is 12.4 Å². The zero-order chi connectivity index (χ0) is 15.8. The molecule has 1 saturated heterocycles. The van der Waals surface area contributed by atoms with Gasteiger partial charge in [0.25, 0.3) is 0 Å². The van der Waals surface area contributed by atoms with E-state index >= 15 is 0 Å². The van der Waals surface area contributed by atoms with E-state index < -0.39 is 11.6 Å². The van der Waals surface area contributed by atoms with E-state index in [-0.39, 0.29) is 18.3 Å². The number of nitrogens with zero attached hydrogens (tertiary/aromatic N) is 1. The van der Waals surface area contributed by atoms with E-state index in [1.165, 1.54) is 6.07 Å². The highest BCUT2D eigenvalue weighted by atomic mass is 35.5. The Labute approximate surface area is 142 Å². The van der Waals surface area contributed by atoms with Crippen LogP contribution in [0.1, 0.15) is 18.4 Å². The Kier molecular flexibility index (Phi) is 9.06. The smallest absolute Gasteiger partial charge is 0.220 e. The molecule has 0 atom stereocenters. The van der Waals surface area contributed by atoms with Gasteiger partial charge in [-0.1, -0.05) is 6.07 Å². The minimum absolute atomic E-state index is 0. The van der Waals surface area contributed by atoms with Crippen LogP contribution in [0.15, 0.2) is 18.2 Å². The van der Waals surface area contributed by atoms with Crippen molar-refractivity contribution in [1.82, 2.24) is 15.5 Å². The quantitative estimate of drug-likeness (QED) is 0.789. The van der Waals surface area contributed by atoms with Crippen molar-refractivity contribution in [2.75, 3.05) is 39.3 Å². The summed E-state index contributed by atoms with van der Waals surface area (Å²) in [4.78, 5) is 14.0. The van der Waals surface area contributed by atoms with Crippen LogP contribution in [0.25, 0.3) is 0 Å². The summed E-state index contributed by atoms with van der Waals surface area (Å²) in [6.07, 6.45) is 1.60. The van der Waals surface area contributed by atoms with Gasteiger partial charge in [-0.25, -0.2) is 8.78 Å². The highest BCUT2D eigenvalue weighted by Gasteiger charge is 2.09. The molecule has 1 heterocycles. The maximum absolute atomic E-state index is 13.0. The maximum Gasteiger partial charge on any atom is 0.220 e. The standard InChI is InChI=1S/C16H23F2N3O.ClH/c17-14-5-4-13(12-15(14)18)2-1-3-16(22)20-8-11-21-9-6-19-7-10-21;/h4-5,12,19H,1-3,6-11H2,(H,20,22);1H. The van der Waals surface area contributed by atoms with Crippen LogP contribution in [0.5, 0.6) is 0 Å². The van der Waals surface area contributed by atoms with Crippen LogP contribution in [0.2, 0.25) is 0 Å². The fraction of sp³-hybridized carbons (Fsp3) is 0.562. The van der Waals surface area contributed by atoms with Crippen molar-refractivity contribution >= 4 is 18.3 Å². The lowest BCUT2D eigenvalue weighted by Crippen LogP contribution is -2.46. The minimum Gasteiger partial charge on any atom is -0.355 e. The molecule has 0 bridgehead atoms. The Hall–Kier alpha value is -1.24. The molecule has 1 aliphatic rings. The Morgan fingerprint density at radius 3 is 2.65 bits per heavy atom. The van der Waals surface area contributed by atoms with Crippen LogP contribution < -0.4 is 10.6 Å². The largest absolute Gasteiger partial charge is 0.355 e. The Morgan fingerprint density at radius 2 is 1.96 bits per heavy atom. The van der Waals surface area contributed by atoms with Crippen LogP contribution in [0.4, 0.5) is 8.78 Å². The lowest BCUT2D eigenvalue weighted by molar-refractivity contribution is -0.121. The normalized spacial score (nSPS) is 15.0. The Balaban J connectivity index is 0.00000264. The molecule has 130 valence electrons. The molecule has 0 spiro atoms. The molecule has 0 unspecified atom stereocenters. The SMILES string of the molecule is Cl.O=C(CCCc1ccc(F)c(F)c1)NCCN1CCNCC1. The third-order valence-corrected chi connectivity index (χ3v) is 3.81. The molecule has 0 saturated carbocycles. The molecule has 1 fully saturated rings. The summed E-state index contributed by atoms with van der Waals surface area (Å²) in [6, 6.07) is 3.87. The number of carbonyl (C=O) groups excluding carboxylic acids is 1. The van der Waals surface area contributed by atoms with E-state index in [9.17, 15) is 13.6 Å². The lowest BCUT2D eigenvalue weighted by atomic mass is 10.1. The van der Waals surface area contributed by atoms with E-state index in [2.05, 4.69) is 15.5 Å². The number of carbonyl (C=O) groups is 1. The fourth-order valence-corrected chi connectivity index (χ4v) is 2.52. The van der Waals surface area contributed by atoms with Crippen LogP contribution in [-0.4, -0.2) is 50.1 Å². The third-order valence-electron chi connectivity index (χ3n) is 3.81. The van der Waals surface area contributed by atoms with Gasteiger partial charge >= 0.3 is 0 Å². The van der Waals surface area contributed by atoms with E-state index in [1.807, 2.05) is 0 Å². The molecule has 0 radical (unpaired) electrons. The highest BCUT2D eigenvalue weighted by molar-refractivity contribution is 5.85. The number of halogens is 3. The average molecular weight is 348 g/mol. The maximum atomic E-state index is 13.0. The van der Waals surface area contributed by atoms with Crippen LogP contribution in [0, 0.1) is 11.6 Å². The summed E-state index contributed by atoms with van der Waals surface area (Å²) in [5.41, 5.74) is 0.715. The van der Waals surface area contributed by atoms with Crippen molar-refractivity contribution in [3.63, 3.8) is 0 Å². The van der Waals surface area contributed by atoms with Gasteiger partial charge in [0.1, 0.15) is 0 Å². The molecule has 4 nitrogen and oxygen atoms in total. The van der Waals surface area contributed by atoms with Gasteiger partial charge in [0, 0.05) is 45.7 Å². The second-order valence-electron chi connectivity index (χ2n) is 5.54. The summed E-state index contributed by atoms with van der Waals surface area (Å²) in [5.74, 6) is -1.66. The Bertz CT molecular complexity index is 496. The average Bonchev–Trinajstić information content (AvgIpc) is 2.52. The van der Waals surface area contributed by atoms with Gasteiger partial charge in [-0.05, 0) is 30.5 Å². The van der Waals surface area contributed by atoms with E-state index in [4.69, 9.17) is 0 Å². The van der Waals surface area contributed by atoms with Crippen LogP contribution >= 0.6 is 12.4 Å². The van der Waals surface area contributed by atoms with Gasteiger partial charge in [0.15, 0.2) is 11.6 Å². The zero-order valence-corrected chi connectivity index (χ0v) is 13.9. The number of rotatable bonds is 7. The molecule has 0 aliphatic carbocycles. The fourth-order valence-electron chi connectivity index (χ4n) is 2.52. The number of hydrogen-bond acceptors (Lipinski definition) is 3. The first-order valence-corrected chi connectivity index (χ1v) is 7.79. The summed E-state index contributed by atoms with van der Waals surface area (Å²) in [7, 11) is 0. The molecule has 2 rings (SSSR count). The van der Waals surface area contributed by atoms with Crippen molar-refractivity contribution in [3.8, 4) is 0 Å². The van der Waals surface area contributed by atoms with Crippen molar-refractivity contribution in [3.05, 3.63) is 35.4 Å².